The summed E-state index contributed by atoms with van der Waals surface area (Å²) >= 11 is 1.97. The predicted octanol–water partition coefficient (Wildman–Crippen LogP) is 2.06. The Labute approximate surface area is 200 Å². The predicted molar refractivity (Wildman–Crippen MR) is 125 cm³/mol. The fourth-order valence-corrected chi connectivity index (χ4v) is 5.67. The first-order chi connectivity index (χ1) is 16.1. The van der Waals surface area contributed by atoms with Gasteiger partial charge in [0.15, 0.2) is 0 Å². The first kappa shape index (κ1) is 28.0. The summed E-state index contributed by atoms with van der Waals surface area (Å²) in [6.45, 7) is 3.42. The van der Waals surface area contributed by atoms with Gasteiger partial charge in [-0.05, 0) is 19.3 Å². The number of hydrogen-bond acceptors (Lipinski definition) is 8. The summed E-state index contributed by atoms with van der Waals surface area (Å²) in [5.74, 6) is 1.15. The number of carboxylic acid groups (broad SMARTS) is 1. The standard InChI is InChI=1S/C23H39NO8S/c25-18(4-1-2-6-21-19-16-22(26)24-20(19)17-33-21)5-3-8-29-10-12-31-14-15-32-13-11-30-9-7-23(27)28/h19-21H,1-17H2,(H,24,26)(H,27,28). The number of ether oxygens (including phenoxy) is 4. The minimum Gasteiger partial charge on any atom is -0.481 e. The number of nitrogens with one attached hydrogen (secondary N) is 1. The Morgan fingerprint density at radius 2 is 1.45 bits per heavy atom. The topological polar surface area (TPSA) is 120 Å². The van der Waals surface area contributed by atoms with Gasteiger partial charge >= 0.3 is 5.97 Å². The van der Waals surface area contributed by atoms with Gasteiger partial charge in [0.25, 0.3) is 0 Å². The lowest BCUT2D eigenvalue weighted by Crippen LogP contribution is -2.29. The average molecular weight is 490 g/mol. The van der Waals surface area contributed by atoms with Gasteiger partial charge < -0.3 is 29.4 Å². The number of rotatable bonds is 21. The van der Waals surface area contributed by atoms with Gasteiger partial charge in [0.1, 0.15) is 5.78 Å². The van der Waals surface area contributed by atoms with Gasteiger partial charge in [-0.2, -0.15) is 11.8 Å². The Bertz CT molecular complexity index is 591. The Kier molecular flexibility index (Phi) is 14.7. The number of fused-ring (bicyclic) bond motifs is 1. The largest absolute Gasteiger partial charge is 0.481 e. The van der Waals surface area contributed by atoms with E-state index in [-0.39, 0.29) is 18.9 Å². The Hall–Kier alpha value is -1.20. The highest BCUT2D eigenvalue weighted by molar-refractivity contribution is 8.00. The molecule has 190 valence electrons. The zero-order chi connectivity index (χ0) is 23.7. The maximum atomic E-state index is 12.0. The fraction of sp³-hybridized carbons (Fsp3) is 0.870. The molecule has 33 heavy (non-hydrogen) atoms. The van der Waals surface area contributed by atoms with E-state index < -0.39 is 5.97 Å². The molecule has 1 amide bonds. The summed E-state index contributed by atoms with van der Waals surface area (Å²) in [6.07, 6.45) is 5.69. The van der Waals surface area contributed by atoms with Crippen molar-refractivity contribution in [1.82, 2.24) is 5.32 Å². The number of carboxylic acids is 1. The van der Waals surface area contributed by atoms with Gasteiger partial charge in [0.05, 0.1) is 52.7 Å². The van der Waals surface area contributed by atoms with Crippen molar-refractivity contribution in [3.8, 4) is 0 Å². The highest BCUT2D eigenvalue weighted by atomic mass is 32.2. The van der Waals surface area contributed by atoms with E-state index in [1.807, 2.05) is 11.8 Å². The monoisotopic (exact) mass is 489 g/mol. The molecule has 0 saturated carbocycles. The number of Topliss-reactive ketones (excluding diaryl/α,β-unsaturated/α-hetero) is 1. The molecule has 2 heterocycles. The third-order valence-electron chi connectivity index (χ3n) is 5.77. The van der Waals surface area contributed by atoms with Crippen LogP contribution < -0.4 is 5.32 Å². The number of carbonyl (C=O) groups is 3. The number of carbonyl (C=O) groups excluding carboxylic acids is 2. The molecule has 0 aliphatic carbocycles. The third kappa shape index (κ3) is 12.7. The summed E-state index contributed by atoms with van der Waals surface area (Å²) in [6, 6.07) is 0.371. The van der Waals surface area contributed by atoms with Crippen molar-refractivity contribution < 1.29 is 38.4 Å². The quantitative estimate of drug-likeness (QED) is 0.233. The molecule has 2 rings (SSSR count). The molecule has 2 aliphatic rings. The van der Waals surface area contributed by atoms with Crippen LogP contribution in [0.3, 0.4) is 0 Å². The summed E-state index contributed by atoms with van der Waals surface area (Å²) < 4.78 is 21.3. The van der Waals surface area contributed by atoms with E-state index in [1.54, 1.807) is 0 Å². The smallest absolute Gasteiger partial charge is 0.305 e. The summed E-state index contributed by atoms with van der Waals surface area (Å²) in [4.78, 5) is 33.8. The number of thioether (sulfide) groups is 1. The normalized spacial score (nSPS) is 21.8. The second-order valence-corrected chi connectivity index (χ2v) is 9.67. The maximum Gasteiger partial charge on any atom is 0.305 e. The average Bonchev–Trinajstić information content (AvgIpc) is 3.33. The van der Waals surface area contributed by atoms with Gasteiger partial charge in [-0.15, -0.1) is 0 Å². The lowest BCUT2D eigenvalue weighted by atomic mass is 9.94. The van der Waals surface area contributed by atoms with Gasteiger partial charge in [0, 0.05) is 48.8 Å². The van der Waals surface area contributed by atoms with Gasteiger partial charge in [0.2, 0.25) is 5.91 Å². The molecule has 0 radical (unpaired) electrons. The van der Waals surface area contributed by atoms with Crippen LogP contribution in [0.2, 0.25) is 0 Å². The number of aliphatic carboxylic acids is 1. The highest BCUT2D eigenvalue weighted by Gasteiger charge is 2.42. The highest BCUT2D eigenvalue weighted by Crippen LogP contribution is 2.40. The van der Waals surface area contributed by atoms with Crippen LogP contribution in [-0.2, 0) is 33.3 Å². The molecule has 3 unspecified atom stereocenters. The van der Waals surface area contributed by atoms with Crippen LogP contribution in [-0.4, -0.2) is 92.7 Å². The molecule has 2 N–H and O–H groups in total. The molecule has 9 nitrogen and oxygen atoms in total. The molecule has 0 aromatic carbocycles. The third-order valence-corrected chi connectivity index (χ3v) is 7.33. The molecule has 0 aromatic rings. The Morgan fingerprint density at radius 3 is 2.12 bits per heavy atom. The zero-order valence-electron chi connectivity index (χ0n) is 19.5. The van der Waals surface area contributed by atoms with Crippen molar-refractivity contribution in [3.05, 3.63) is 0 Å². The van der Waals surface area contributed by atoms with Crippen LogP contribution in [0.4, 0.5) is 0 Å². The van der Waals surface area contributed by atoms with Crippen molar-refractivity contribution in [2.75, 3.05) is 58.6 Å². The van der Waals surface area contributed by atoms with E-state index >= 15 is 0 Å². The van der Waals surface area contributed by atoms with Crippen LogP contribution in [0.1, 0.15) is 51.4 Å². The van der Waals surface area contributed by atoms with Crippen LogP contribution >= 0.6 is 11.8 Å². The van der Waals surface area contributed by atoms with E-state index in [1.165, 1.54) is 0 Å². The number of hydrogen-bond donors (Lipinski definition) is 2. The number of amides is 1. The van der Waals surface area contributed by atoms with Crippen LogP contribution in [0.5, 0.6) is 0 Å². The van der Waals surface area contributed by atoms with Gasteiger partial charge in [-0.3, -0.25) is 14.4 Å². The van der Waals surface area contributed by atoms with E-state index in [0.717, 1.165) is 31.4 Å². The minimum atomic E-state index is -0.872. The summed E-state index contributed by atoms with van der Waals surface area (Å²) in [7, 11) is 0. The van der Waals surface area contributed by atoms with Crippen molar-refractivity contribution in [1.29, 1.82) is 0 Å². The second kappa shape index (κ2) is 17.3. The SMILES string of the molecule is O=C(O)CCOCCOCCOCCOCCCC(=O)CCCCC1SCC2NC(=O)CC21. The van der Waals surface area contributed by atoms with E-state index in [0.29, 0.717) is 88.5 Å². The van der Waals surface area contributed by atoms with Crippen LogP contribution in [0.15, 0.2) is 0 Å². The van der Waals surface area contributed by atoms with Crippen molar-refractivity contribution in [3.63, 3.8) is 0 Å². The first-order valence-corrected chi connectivity index (χ1v) is 13.1. The maximum absolute atomic E-state index is 12.0. The van der Waals surface area contributed by atoms with Crippen molar-refractivity contribution in [2.24, 2.45) is 5.92 Å². The lowest BCUT2D eigenvalue weighted by molar-refractivity contribution is -0.138. The molecule has 3 atom stereocenters. The molecule has 0 spiro atoms. The molecule has 0 bridgehead atoms. The molecule has 10 heteroatoms. The second-order valence-electron chi connectivity index (χ2n) is 8.40. The molecule has 2 saturated heterocycles. The van der Waals surface area contributed by atoms with Crippen molar-refractivity contribution >= 4 is 29.4 Å². The van der Waals surface area contributed by atoms with E-state index in [2.05, 4.69) is 5.32 Å². The summed E-state index contributed by atoms with van der Waals surface area (Å²) in [5, 5.41) is 12.1. The number of unbranched alkanes of at least 4 members (excludes halogenated alkanes) is 1. The van der Waals surface area contributed by atoms with Crippen molar-refractivity contribution in [2.45, 2.75) is 62.7 Å². The molecule has 0 aromatic heterocycles. The first-order valence-electron chi connectivity index (χ1n) is 12.0. The minimum absolute atomic E-state index is 0.000705. The number of ketones is 1. The lowest BCUT2D eigenvalue weighted by Gasteiger charge is -2.15. The summed E-state index contributed by atoms with van der Waals surface area (Å²) in [5.41, 5.74) is 0. The molecule has 2 aliphatic heterocycles. The molecular formula is C23H39NO8S. The fourth-order valence-electron chi connectivity index (χ4n) is 4.02. The zero-order valence-corrected chi connectivity index (χ0v) is 20.3. The Balaban J connectivity index is 1.28. The molecule has 2 fully saturated rings. The van der Waals surface area contributed by atoms with Gasteiger partial charge in [-0.25, -0.2) is 0 Å². The van der Waals surface area contributed by atoms with Crippen LogP contribution in [0, 0.1) is 5.92 Å². The van der Waals surface area contributed by atoms with E-state index in [4.69, 9.17) is 24.1 Å². The van der Waals surface area contributed by atoms with Crippen LogP contribution in [0.25, 0.3) is 0 Å². The molecular weight excluding hydrogens is 450 g/mol. The van der Waals surface area contributed by atoms with Gasteiger partial charge in [-0.1, -0.05) is 6.42 Å². The van der Waals surface area contributed by atoms with E-state index in [9.17, 15) is 14.4 Å². The Morgan fingerprint density at radius 1 is 0.848 bits per heavy atom.